The monoisotopic (exact) mass is 474 g/mol. The van der Waals surface area contributed by atoms with Crippen molar-refractivity contribution in [2.24, 2.45) is 0 Å². The number of fused-ring (bicyclic) bond motifs is 3. The molecule has 0 bridgehead atoms. The van der Waals surface area contributed by atoms with E-state index in [9.17, 15) is 19.5 Å². The third kappa shape index (κ3) is 3.55. The van der Waals surface area contributed by atoms with E-state index in [1.54, 1.807) is 12.1 Å². The van der Waals surface area contributed by atoms with Gasteiger partial charge < -0.3 is 24.4 Å². The fourth-order valence-corrected chi connectivity index (χ4v) is 5.89. The first-order chi connectivity index (χ1) is 16.9. The second kappa shape index (κ2) is 8.15. The van der Waals surface area contributed by atoms with E-state index in [-0.39, 0.29) is 37.0 Å². The van der Waals surface area contributed by atoms with Gasteiger partial charge in [-0.2, -0.15) is 0 Å². The fourth-order valence-electron chi connectivity index (χ4n) is 5.89. The first-order valence-corrected chi connectivity index (χ1v) is 12.0. The second-order valence-electron chi connectivity index (χ2n) is 9.67. The first-order valence-electron chi connectivity index (χ1n) is 12.0. The Hall–Kier alpha value is -3.81. The van der Waals surface area contributed by atoms with Gasteiger partial charge in [-0.05, 0) is 55.0 Å². The van der Waals surface area contributed by atoms with Gasteiger partial charge in [-0.3, -0.25) is 9.59 Å². The summed E-state index contributed by atoms with van der Waals surface area (Å²) in [6, 6.07) is 10.4. The molecule has 1 amide bonds. The van der Waals surface area contributed by atoms with Crippen molar-refractivity contribution in [2.75, 3.05) is 6.79 Å². The van der Waals surface area contributed by atoms with E-state index in [0.717, 1.165) is 17.7 Å². The predicted molar refractivity (Wildman–Crippen MR) is 125 cm³/mol. The van der Waals surface area contributed by atoms with Crippen LogP contribution >= 0.6 is 0 Å². The van der Waals surface area contributed by atoms with Crippen LogP contribution in [0.15, 0.2) is 48.2 Å². The SMILES string of the molecule is C[C@@H]1Cc2ccccc2CN1C(=O)c1cc2c(cc1C1CCC3=CC(=O)CC(C(=O)O)N31)OCO2. The zero-order valence-electron chi connectivity index (χ0n) is 19.4. The molecule has 4 heterocycles. The predicted octanol–water partition coefficient (Wildman–Crippen LogP) is 3.45. The zero-order chi connectivity index (χ0) is 24.3. The standard InChI is InChI=1S/C27H26N2O6/c1-15-8-16-4-2-3-5-17(16)13-28(15)26(31)21-12-25-24(34-14-35-25)11-20(21)22-7-6-18-9-19(30)10-23(27(32)33)29(18)22/h2-5,9,11-12,15,22-23H,6-8,10,13-14H2,1H3,(H,32,33)/t15-,22?,23?/m1/s1. The van der Waals surface area contributed by atoms with Gasteiger partial charge in [0.15, 0.2) is 17.3 Å². The minimum atomic E-state index is -1.04. The molecule has 180 valence electrons. The van der Waals surface area contributed by atoms with Crippen LogP contribution in [0.4, 0.5) is 0 Å². The molecule has 1 fully saturated rings. The molecule has 4 aliphatic rings. The highest BCUT2D eigenvalue weighted by molar-refractivity contribution is 5.98. The molecule has 0 aromatic heterocycles. The Morgan fingerprint density at radius 1 is 1.06 bits per heavy atom. The van der Waals surface area contributed by atoms with E-state index in [1.165, 1.54) is 5.56 Å². The van der Waals surface area contributed by atoms with Crippen LogP contribution in [-0.4, -0.2) is 51.4 Å². The second-order valence-corrected chi connectivity index (χ2v) is 9.67. The third-order valence-electron chi connectivity index (χ3n) is 7.59. The number of hydrogen-bond acceptors (Lipinski definition) is 6. The molecule has 2 unspecified atom stereocenters. The smallest absolute Gasteiger partial charge is 0.326 e. The van der Waals surface area contributed by atoms with Gasteiger partial charge >= 0.3 is 5.97 Å². The van der Waals surface area contributed by atoms with Crippen LogP contribution in [0.3, 0.4) is 0 Å². The van der Waals surface area contributed by atoms with E-state index >= 15 is 0 Å². The number of allylic oxidation sites excluding steroid dienone is 2. The number of rotatable bonds is 3. The Morgan fingerprint density at radius 3 is 2.57 bits per heavy atom. The maximum Gasteiger partial charge on any atom is 0.326 e. The molecule has 6 rings (SSSR count). The summed E-state index contributed by atoms with van der Waals surface area (Å²) in [6.45, 7) is 2.63. The van der Waals surface area contributed by atoms with Gasteiger partial charge in [-0.1, -0.05) is 24.3 Å². The molecule has 2 aromatic carbocycles. The number of amides is 1. The molecule has 0 radical (unpaired) electrons. The summed E-state index contributed by atoms with van der Waals surface area (Å²) in [5.74, 6) is -0.263. The van der Waals surface area contributed by atoms with Crippen molar-refractivity contribution in [3.05, 3.63) is 70.4 Å². The van der Waals surface area contributed by atoms with Gasteiger partial charge in [0.25, 0.3) is 5.91 Å². The van der Waals surface area contributed by atoms with Gasteiger partial charge in [-0.25, -0.2) is 4.79 Å². The molecular weight excluding hydrogens is 448 g/mol. The van der Waals surface area contributed by atoms with Crippen LogP contribution in [-0.2, 0) is 22.6 Å². The van der Waals surface area contributed by atoms with E-state index in [0.29, 0.717) is 42.0 Å². The first kappa shape index (κ1) is 21.7. The number of ether oxygens (including phenoxy) is 2. The minimum absolute atomic E-state index is 0.00841. The van der Waals surface area contributed by atoms with E-state index in [1.807, 2.05) is 34.9 Å². The number of carbonyl (C=O) groups is 3. The number of hydrogen-bond donors (Lipinski definition) is 1. The molecule has 0 saturated carbocycles. The fraction of sp³-hybridized carbons (Fsp3) is 0.370. The van der Waals surface area contributed by atoms with Crippen LogP contribution in [0.5, 0.6) is 11.5 Å². The Labute approximate surface area is 202 Å². The lowest BCUT2D eigenvalue weighted by Crippen LogP contribution is -2.45. The summed E-state index contributed by atoms with van der Waals surface area (Å²) in [5, 5.41) is 9.89. The Morgan fingerprint density at radius 2 is 1.80 bits per heavy atom. The number of carboxylic acid groups (broad SMARTS) is 1. The lowest BCUT2D eigenvalue weighted by Gasteiger charge is -2.38. The number of nitrogens with zero attached hydrogens (tertiary/aromatic N) is 2. The molecule has 8 nitrogen and oxygen atoms in total. The molecule has 2 aromatic rings. The number of carbonyl (C=O) groups excluding carboxylic acids is 2. The lowest BCUT2D eigenvalue weighted by atomic mass is 9.91. The average molecular weight is 475 g/mol. The van der Waals surface area contributed by atoms with Crippen molar-refractivity contribution in [1.29, 1.82) is 0 Å². The molecule has 4 aliphatic heterocycles. The van der Waals surface area contributed by atoms with Gasteiger partial charge in [-0.15, -0.1) is 0 Å². The molecule has 3 atom stereocenters. The van der Waals surface area contributed by atoms with Gasteiger partial charge in [0.1, 0.15) is 6.04 Å². The van der Waals surface area contributed by atoms with Gasteiger partial charge in [0, 0.05) is 36.3 Å². The lowest BCUT2D eigenvalue weighted by molar-refractivity contribution is -0.145. The quantitative estimate of drug-likeness (QED) is 0.728. The van der Waals surface area contributed by atoms with Crippen molar-refractivity contribution in [3.63, 3.8) is 0 Å². The normalized spacial score (nSPS) is 24.7. The van der Waals surface area contributed by atoms with Crippen molar-refractivity contribution in [1.82, 2.24) is 9.80 Å². The molecule has 0 spiro atoms. The molecule has 1 N–H and O–H groups in total. The highest BCUT2D eigenvalue weighted by Gasteiger charge is 2.44. The van der Waals surface area contributed by atoms with Crippen LogP contribution in [0, 0.1) is 0 Å². The van der Waals surface area contributed by atoms with Crippen LogP contribution in [0.25, 0.3) is 0 Å². The Bertz CT molecular complexity index is 1280. The Balaban J connectivity index is 1.42. The largest absolute Gasteiger partial charge is 0.480 e. The average Bonchev–Trinajstić information content (AvgIpc) is 3.48. The number of carboxylic acids is 1. The summed E-state index contributed by atoms with van der Waals surface area (Å²) in [7, 11) is 0. The summed E-state index contributed by atoms with van der Waals surface area (Å²) < 4.78 is 11.2. The maximum absolute atomic E-state index is 14.1. The third-order valence-corrected chi connectivity index (χ3v) is 7.59. The molecule has 8 heteroatoms. The number of aliphatic carboxylic acids is 1. The number of ketones is 1. The zero-order valence-corrected chi connectivity index (χ0v) is 19.4. The van der Waals surface area contributed by atoms with Crippen molar-refractivity contribution >= 4 is 17.7 Å². The van der Waals surface area contributed by atoms with E-state index in [4.69, 9.17) is 9.47 Å². The van der Waals surface area contributed by atoms with E-state index in [2.05, 4.69) is 12.1 Å². The maximum atomic E-state index is 14.1. The molecular formula is C27H26N2O6. The van der Waals surface area contributed by atoms with Crippen molar-refractivity contribution in [3.8, 4) is 11.5 Å². The van der Waals surface area contributed by atoms with Crippen molar-refractivity contribution < 1.29 is 29.0 Å². The topological polar surface area (TPSA) is 96.4 Å². The van der Waals surface area contributed by atoms with Crippen LogP contribution in [0.1, 0.15) is 59.3 Å². The minimum Gasteiger partial charge on any atom is -0.480 e. The molecule has 0 aliphatic carbocycles. The van der Waals surface area contributed by atoms with E-state index < -0.39 is 12.0 Å². The highest BCUT2D eigenvalue weighted by Crippen LogP contribution is 2.47. The Kier molecular flexibility index (Phi) is 5.05. The van der Waals surface area contributed by atoms with Crippen LogP contribution < -0.4 is 9.47 Å². The summed E-state index contributed by atoms with van der Waals surface area (Å²) in [6.07, 6.45) is 3.44. The summed E-state index contributed by atoms with van der Waals surface area (Å²) >= 11 is 0. The van der Waals surface area contributed by atoms with Crippen LogP contribution in [0.2, 0.25) is 0 Å². The summed E-state index contributed by atoms with van der Waals surface area (Å²) in [5.41, 5.74) is 4.31. The molecule has 1 saturated heterocycles. The number of benzene rings is 2. The highest BCUT2D eigenvalue weighted by atomic mass is 16.7. The molecule has 35 heavy (non-hydrogen) atoms. The van der Waals surface area contributed by atoms with Crippen molar-refractivity contribution in [2.45, 2.75) is 57.3 Å². The van der Waals surface area contributed by atoms with Gasteiger partial charge in [0.05, 0.1) is 6.04 Å². The van der Waals surface area contributed by atoms with Gasteiger partial charge in [0.2, 0.25) is 6.79 Å². The summed E-state index contributed by atoms with van der Waals surface area (Å²) in [4.78, 5) is 42.0.